The number of carbonyl (C=O) groups is 1. The third-order valence-corrected chi connectivity index (χ3v) is 0.622. The molecule has 0 unspecified atom stereocenters. The topological polar surface area (TPSA) is 49.5 Å². The lowest BCUT2D eigenvalue weighted by atomic mass is 10.7. The van der Waals surface area contributed by atoms with Crippen LogP contribution in [0.1, 0.15) is 0 Å². The Morgan fingerprint density at radius 2 is 2.57 bits per heavy atom. The Morgan fingerprint density at radius 1 is 1.86 bits per heavy atom. The molecule has 0 saturated carbocycles. The highest BCUT2D eigenvalue weighted by Gasteiger charge is 2.20. The van der Waals surface area contributed by atoms with Crippen molar-refractivity contribution in [3.8, 4) is 0 Å². The zero-order valence-corrected chi connectivity index (χ0v) is 3.50. The van der Waals surface area contributed by atoms with Crippen LogP contribution >= 0.6 is 0 Å². The SMILES string of the molecule is O=C1C[N+](=O)C=N1. The Morgan fingerprint density at radius 3 is 2.71 bits per heavy atom. The molecule has 0 aliphatic carbocycles. The standard InChI is InChI=1S/C3H3N2O2/c6-3-1-5(7)2-4-3/h2H,1H2/q+1. The van der Waals surface area contributed by atoms with Gasteiger partial charge in [-0.15, -0.1) is 0 Å². The molecule has 1 amide bonds. The van der Waals surface area contributed by atoms with E-state index in [1.807, 2.05) is 0 Å². The Bertz CT molecular complexity index is 133. The third-order valence-electron chi connectivity index (χ3n) is 0.622. The fourth-order valence-electron chi connectivity index (χ4n) is 0.344. The van der Waals surface area contributed by atoms with E-state index in [9.17, 15) is 9.70 Å². The van der Waals surface area contributed by atoms with Gasteiger partial charge in [-0.3, -0.25) is 0 Å². The highest BCUT2D eigenvalue weighted by atomic mass is 16.3. The molecule has 0 N–H and O–H groups in total. The second-order valence-electron chi connectivity index (χ2n) is 1.21. The summed E-state index contributed by atoms with van der Waals surface area (Å²) >= 11 is 0. The summed E-state index contributed by atoms with van der Waals surface area (Å²) in [6.07, 6.45) is 0.975. The van der Waals surface area contributed by atoms with Crippen LogP contribution in [0.5, 0.6) is 0 Å². The number of nitroso groups, excluding NO2 is 1. The van der Waals surface area contributed by atoms with Gasteiger partial charge in [-0.1, -0.05) is 4.91 Å². The van der Waals surface area contributed by atoms with Gasteiger partial charge < -0.3 is 0 Å². The van der Waals surface area contributed by atoms with Crippen molar-refractivity contribution in [3.63, 3.8) is 0 Å². The molecule has 0 aromatic rings. The van der Waals surface area contributed by atoms with Crippen molar-refractivity contribution in [3.05, 3.63) is 4.91 Å². The van der Waals surface area contributed by atoms with E-state index >= 15 is 0 Å². The molecule has 0 atom stereocenters. The molecule has 4 heteroatoms. The van der Waals surface area contributed by atoms with Crippen LogP contribution in [-0.2, 0) is 4.79 Å². The summed E-state index contributed by atoms with van der Waals surface area (Å²) in [5.41, 5.74) is 0. The van der Waals surface area contributed by atoms with Gasteiger partial charge in [-0.25, -0.2) is 4.79 Å². The minimum atomic E-state index is -0.366. The monoisotopic (exact) mass is 99.0 g/mol. The summed E-state index contributed by atoms with van der Waals surface area (Å²) in [6.45, 7) is -0.111. The average molecular weight is 99.1 g/mol. The second-order valence-corrected chi connectivity index (χ2v) is 1.21. The lowest BCUT2D eigenvalue weighted by Crippen LogP contribution is -2.04. The number of aliphatic imine (C=N–C) groups is 1. The lowest BCUT2D eigenvalue weighted by Gasteiger charge is -1.64. The van der Waals surface area contributed by atoms with Crippen LogP contribution in [0.15, 0.2) is 4.99 Å². The van der Waals surface area contributed by atoms with Crippen molar-refractivity contribution in [2.24, 2.45) is 4.99 Å². The number of hydrogen-bond donors (Lipinski definition) is 0. The molecular formula is C3H3N2O2+. The summed E-state index contributed by atoms with van der Waals surface area (Å²) in [5, 5.41) is 0. The molecule has 0 spiro atoms. The summed E-state index contributed by atoms with van der Waals surface area (Å²) in [5.74, 6) is -0.366. The van der Waals surface area contributed by atoms with E-state index in [1.165, 1.54) is 0 Å². The highest BCUT2D eigenvalue weighted by molar-refractivity contribution is 5.87. The predicted octanol–water partition coefficient (Wildman–Crippen LogP) is -0.666. The van der Waals surface area contributed by atoms with Gasteiger partial charge in [0, 0.05) is 0 Å². The maximum atomic E-state index is 10.0. The van der Waals surface area contributed by atoms with Gasteiger partial charge in [0.15, 0.2) is 0 Å². The molecule has 36 valence electrons. The van der Waals surface area contributed by atoms with Crippen LogP contribution in [-0.4, -0.2) is 23.6 Å². The second kappa shape index (κ2) is 1.22. The molecule has 1 heterocycles. The maximum Gasteiger partial charge on any atom is 0.396 e. The number of rotatable bonds is 0. The van der Waals surface area contributed by atoms with E-state index in [0.717, 1.165) is 6.34 Å². The van der Waals surface area contributed by atoms with E-state index in [0.29, 0.717) is 4.76 Å². The fraction of sp³-hybridized carbons (Fsp3) is 0.333. The van der Waals surface area contributed by atoms with Crippen LogP contribution in [0.25, 0.3) is 0 Å². The van der Waals surface area contributed by atoms with E-state index in [1.54, 1.807) is 0 Å². The van der Waals surface area contributed by atoms with Crippen LogP contribution < -0.4 is 0 Å². The summed E-state index contributed by atoms with van der Waals surface area (Å²) in [4.78, 5) is 23.2. The first-order valence-corrected chi connectivity index (χ1v) is 1.80. The van der Waals surface area contributed by atoms with Gasteiger partial charge in [0.2, 0.25) is 6.54 Å². The Labute approximate surface area is 39.4 Å². The number of carbonyl (C=O) groups excluding carboxylic acids is 1. The van der Waals surface area contributed by atoms with Crippen LogP contribution in [0.4, 0.5) is 0 Å². The minimum absolute atomic E-state index is 0.111. The van der Waals surface area contributed by atoms with Gasteiger partial charge in [0.25, 0.3) is 0 Å². The van der Waals surface area contributed by atoms with Crippen LogP contribution in [0, 0.1) is 4.91 Å². The maximum absolute atomic E-state index is 10.0. The zero-order chi connectivity index (χ0) is 5.28. The summed E-state index contributed by atoms with van der Waals surface area (Å²) in [6, 6.07) is 0. The number of hydrogen-bond acceptors (Lipinski definition) is 2. The molecule has 1 aliphatic heterocycles. The summed E-state index contributed by atoms with van der Waals surface area (Å²) in [7, 11) is 0. The van der Waals surface area contributed by atoms with E-state index in [4.69, 9.17) is 0 Å². The molecular weight excluding hydrogens is 96.0 g/mol. The molecule has 1 aliphatic rings. The van der Waals surface area contributed by atoms with Crippen LogP contribution in [0.2, 0.25) is 0 Å². The third kappa shape index (κ3) is 0.677. The Kier molecular flexibility index (Phi) is 0.714. The quantitative estimate of drug-likeness (QED) is 0.378. The van der Waals surface area contributed by atoms with Crippen molar-refractivity contribution in [1.29, 1.82) is 0 Å². The van der Waals surface area contributed by atoms with Gasteiger partial charge in [0.1, 0.15) is 0 Å². The molecule has 0 saturated heterocycles. The van der Waals surface area contributed by atoms with E-state index in [2.05, 4.69) is 4.99 Å². The van der Waals surface area contributed by atoms with Gasteiger partial charge in [0.05, 0.1) is 0 Å². The Hall–Kier alpha value is -1.06. The van der Waals surface area contributed by atoms with Gasteiger partial charge in [-0.05, 0) is 9.75 Å². The van der Waals surface area contributed by atoms with E-state index < -0.39 is 0 Å². The van der Waals surface area contributed by atoms with Crippen molar-refractivity contribution in [2.45, 2.75) is 0 Å². The largest absolute Gasteiger partial charge is 0.396 e. The first-order chi connectivity index (χ1) is 3.29. The molecule has 0 aromatic carbocycles. The van der Waals surface area contributed by atoms with Crippen molar-refractivity contribution < 1.29 is 9.55 Å². The highest BCUT2D eigenvalue weighted by Crippen LogP contribution is 1.83. The number of amides is 1. The summed E-state index contributed by atoms with van der Waals surface area (Å²) < 4.78 is 0.488. The molecule has 0 fully saturated rings. The fourth-order valence-corrected chi connectivity index (χ4v) is 0.344. The normalized spacial score (nSPS) is 18.9. The average Bonchev–Trinajstić information content (AvgIpc) is 1.87. The predicted molar refractivity (Wildman–Crippen MR) is 22.0 cm³/mol. The van der Waals surface area contributed by atoms with Crippen LogP contribution in [0.3, 0.4) is 0 Å². The van der Waals surface area contributed by atoms with Crippen molar-refractivity contribution >= 4 is 12.2 Å². The molecule has 0 bridgehead atoms. The first kappa shape index (κ1) is 4.11. The lowest BCUT2D eigenvalue weighted by molar-refractivity contribution is -0.401. The smallest absolute Gasteiger partial charge is 0.238 e. The molecule has 4 nitrogen and oxygen atoms in total. The zero-order valence-electron chi connectivity index (χ0n) is 3.50. The van der Waals surface area contributed by atoms with Crippen molar-refractivity contribution in [1.82, 2.24) is 0 Å². The van der Waals surface area contributed by atoms with Gasteiger partial charge in [-0.2, -0.15) is 0 Å². The number of nitrogens with zero attached hydrogens (tertiary/aromatic N) is 2. The molecule has 1 rings (SSSR count). The van der Waals surface area contributed by atoms with E-state index in [-0.39, 0.29) is 12.5 Å². The first-order valence-electron chi connectivity index (χ1n) is 1.80. The minimum Gasteiger partial charge on any atom is -0.238 e. The van der Waals surface area contributed by atoms with Crippen molar-refractivity contribution in [2.75, 3.05) is 6.54 Å². The van der Waals surface area contributed by atoms with Gasteiger partial charge >= 0.3 is 12.2 Å². The molecule has 0 aromatic heterocycles. The molecule has 7 heavy (non-hydrogen) atoms. The molecule has 0 radical (unpaired) electrons. The Balaban J connectivity index is 2.76.